The van der Waals surface area contributed by atoms with Gasteiger partial charge in [0.2, 0.25) is 43.1 Å². The van der Waals surface area contributed by atoms with E-state index in [9.17, 15) is 64.3 Å². The van der Waals surface area contributed by atoms with Gasteiger partial charge in [0.25, 0.3) is 11.8 Å². The van der Waals surface area contributed by atoms with Crippen LogP contribution in [0.25, 0.3) is 27.9 Å². The van der Waals surface area contributed by atoms with E-state index in [1.165, 1.54) is 29.9 Å². The minimum Gasteiger partial charge on any atom is -0.460 e. The fraction of sp³-hybridized carbons (Fsp3) is 0.615. The molecule has 2 aliphatic carbocycles. The van der Waals surface area contributed by atoms with Crippen LogP contribution in [0.5, 0.6) is 0 Å². The van der Waals surface area contributed by atoms with E-state index < -0.39 is 185 Å². The summed E-state index contributed by atoms with van der Waals surface area (Å²) in [5, 5.41) is 15.1. The molecule has 2 aromatic carbocycles. The molecule has 115 heavy (non-hydrogen) atoms. The number of aromatic nitrogens is 2. The standard InChI is InChI=1S/C39H53Cl3F2N6O6S.C24H35Cl3F2N4O5.C15H19BrN2OS/c1-23(2)31(32(51)45-25(4)33(52)50-20-8-9-29(48-50)34(53)56-22-39(40,41)42)47-35(54)37(16-18-38(43,44)19-17-37)15-14-26-10-11-27-12-13-28(46-30(27)21-26)24(3)49-57(55)36(5,6)7;1-5-22(8-10-23(28,29)11-9-22)21(37)31-17(14(2)3)18(34)30-15(4)19(35)33-12-6-7-16(32-33)20(36)38-13-24(25,26)27;1-10(18-20(19)15(2,3)4)13-8-6-11-5-7-12(16)9-14(11)17-13/h10-15,21,23-25,29,31,48-49H,8-9,16-20,22H2,1-7H3,(H,45,51)(H,47,54);5,14-17,32H,1,6-13H2,2-4H3,(H,30,34)(H,31,37);5-10,18H,1-4H3/b15-14+;;/t24-,25+,29+,31+,57-;15-,16-,17-;10-,20-/m101/s1. The first-order valence-corrected chi connectivity index (χ1v) is 43.3. The third kappa shape index (κ3) is 29.8. The number of halogens is 11. The van der Waals surface area contributed by atoms with Crippen molar-refractivity contribution in [1.82, 2.24) is 61.5 Å². The molecule has 0 spiro atoms. The van der Waals surface area contributed by atoms with E-state index >= 15 is 0 Å². The summed E-state index contributed by atoms with van der Waals surface area (Å²) in [5.74, 6) is -11.4. The predicted molar refractivity (Wildman–Crippen MR) is 448 cm³/mol. The molecular formula is C78H107BrCl6F4N12O12S2. The number of pyridine rings is 2. The average Bonchev–Trinajstić information content (AvgIpc) is 0.796. The lowest BCUT2D eigenvalue weighted by Crippen LogP contribution is -2.61. The number of nitrogens with zero attached hydrogens (tertiary/aromatic N) is 4. The van der Waals surface area contributed by atoms with Crippen LogP contribution >= 0.6 is 85.5 Å². The molecule has 640 valence electrons. The summed E-state index contributed by atoms with van der Waals surface area (Å²) in [4.78, 5) is 115. The highest BCUT2D eigenvalue weighted by molar-refractivity contribution is 9.10. The topological polar surface area (TPSA) is 318 Å². The Morgan fingerprint density at radius 3 is 1.30 bits per heavy atom. The Labute approximate surface area is 714 Å². The second kappa shape index (κ2) is 41.7. The first-order valence-electron chi connectivity index (χ1n) is 37.9. The van der Waals surface area contributed by atoms with Gasteiger partial charge in [-0.3, -0.25) is 58.3 Å². The number of esters is 2. The summed E-state index contributed by atoms with van der Waals surface area (Å²) in [6.07, 6.45) is 4.03. The third-order valence-corrected chi connectivity index (χ3v) is 24.3. The quantitative estimate of drug-likeness (QED) is 0.0132. The van der Waals surface area contributed by atoms with Gasteiger partial charge in [-0.2, -0.15) is 0 Å². The van der Waals surface area contributed by atoms with Crippen LogP contribution in [0, 0.1) is 22.7 Å². The largest absolute Gasteiger partial charge is 0.460 e. The Hall–Kier alpha value is -5.42. The highest BCUT2D eigenvalue weighted by Gasteiger charge is 2.49. The van der Waals surface area contributed by atoms with Crippen LogP contribution in [0.1, 0.15) is 203 Å². The number of benzene rings is 2. The maximum Gasteiger partial charge on any atom is 0.325 e. The van der Waals surface area contributed by atoms with Gasteiger partial charge in [0.05, 0.1) is 76.8 Å². The highest BCUT2D eigenvalue weighted by Crippen LogP contribution is 2.47. The molecule has 0 radical (unpaired) electrons. The zero-order chi connectivity index (χ0) is 86.3. The van der Waals surface area contributed by atoms with E-state index in [1.54, 1.807) is 39.8 Å². The summed E-state index contributed by atoms with van der Waals surface area (Å²) in [6, 6.07) is 13.1. The number of nitrogens with one attached hydrogen (secondary N) is 8. The molecule has 4 fully saturated rings. The predicted octanol–water partition coefficient (Wildman–Crippen LogP) is 14.1. The van der Waals surface area contributed by atoms with Crippen molar-refractivity contribution in [3.8, 4) is 0 Å². The van der Waals surface area contributed by atoms with Crippen molar-refractivity contribution in [3.63, 3.8) is 0 Å². The number of ether oxygens (including phenoxy) is 2. The number of hydrogen-bond acceptors (Lipinski definition) is 16. The van der Waals surface area contributed by atoms with Crippen LogP contribution in [0.15, 0.2) is 83.9 Å². The van der Waals surface area contributed by atoms with Gasteiger partial charge in [-0.1, -0.05) is 162 Å². The van der Waals surface area contributed by atoms with Crippen molar-refractivity contribution in [3.05, 3.63) is 101 Å². The van der Waals surface area contributed by atoms with Crippen LogP contribution in [0.3, 0.4) is 0 Å². The number of amides is 6. The maximum absolute atomic E-state index is 14.5. The molecule has 2 saturated carbocycles. The van der Waals surface area contributed by atoms with Crippen molar-refractivity contribution >= 4 is 183 Å². The van der Waals surface area contributed by atoms with Crippen LogP contribution < -0.4 is 41.6 Å². The fourth-order valence-electron chi connectivity index (χ4n) is 12.6. The van der Waals surface area contributed by atoms with Gasteiger partial charge < -0.3 is 30.7 Å². The molecule has 2 aromatic heterocycles. The average molecular weight is 1840 g/mol. The molecule has 0 unspecified atom stereocenters. The summed E-state index contributed by atoms with van der Waals surface area (Å²) in [6.45, 7) is 28.5. The lowest BCUT2D eigenvalue weighted by molar-refractivity contribution is -0.154. The van der Waals surface area contributed by atoms with Crippen molar-refractivity contribution in [2.45, 2.75) is 251 Å². The van der Waals surface area contributed by atoms with E-state index in [1.807, 2.05) is 116 Å². The van der Waals surface area contributed by atoms with Crippen LogP contribution in [0.2, 0.25) is 0 Å². The van der Waals surface area contributed by atoms with Gasteiger partial charge in [0.1, 0.15) is 49.5 Å². The molecule has 4 aromatic rings. The fourth-order valence-corrected chi connectivity index (χ4v) is 14.9. The Morgan fingerprint density at radius 1 is 0.565 bits per heavy atom. The number of hydrazine groups is 2. The Morgan fingerprint density at radius 2 is 0.930 bits per heavy atom. The van der Waals surface area contributed by atoms with Crippen LogP contribution in [0.4, 0.5) is 17.6 Å². The number of alkyl halides is 10. The number of carbonyl (C=O) groups is 8. The van der Waals surface area contributed by atoms with Crippen molar-refractivity contribution in [2.75, 3.05) is 26.3 Å². The summed E-state index contributed by atoms with van der Waals surface area (Å²) in [5.41, 5.74) is 6.91. The molecule has 4 aliphatic rings. The monoisotopic (exact) mass is 1830 g/mol. The second-order valence-electron chi connectivity index (χ2n) is 32.2. The van der Waals surface area contributed by atoms with Gasteiger partial charge >= 0.3 is 11.9 Å². The number of fused-ring (bicyclic) bond motifs is 2. The molecule has 8 N–H and O–H groups in total. The second-order valence-corrected chi connectivity index (χ2v) is 42.1. The van der Waals surface area contributed by atoms with Crippen molar-refractivity contribution < 1.29 is 73.8 Å². The van der Waals surface area contributed by atoms with E-state index in [-0.39, 0.29) is 61.5 Å². The van der Waals surface area contributed by atoms with Gasteiger partial charge in [-0.15, -0.1) is 6.58 Å². The smallest absolute Gasteiger partial charge is 0.325 e. The third-order valence-electron chi connectivity index (χ3n) is 19.8. The SMILES string of the molecule is C=CC1(C(=O)N[C@H](C(=O)N[C@@H](C)C(=O)N2CCC[C@@H](C(=O)OCC(Cl)(Cl)Cl)N2)C(C)C)CCC(F)(F)CC1.CC(C)[C@H](NC(=O)C1(/C=C/c2ccc3ccc([C@@H](C)N[S@](=O)C(C)(C)C)nc3c2)CCC(F)(F)CC1)C(=O)N[C@@H](C)C(=O)N1CCC[C@@H](C(=O)OCC(Cl)(Cl)Cl)N1.C[C@@H](N[S@](=O)C(C)(C)C)c1ccc2ccc(Br)cc2n1. The minimum absolute atomic E-state index is 0.0570. The normalized spacial score (nSPS) is 20.4. The lowest BCUT2D eigenvalue weighted by atomic mass is 9.71. The number of hydrogen-bond donors (Lipinski definition) is 8. The molecule has 2 saturated heterocycles. The lowest BCUT2D eigenvalue weighted by Gasteiger charge is -2.38. The highest BCUT2D eigenvalue weighted by atomic mass is 79.9. The summed E-state index contributed by atoms with van der Waals surface area (Å²) in [7, 11) is -2.42. The molecule has 8 rings (SSSR count). The van der Waals surface area contributed by atoms with Gasteiger partial charge in [-0.05, 0) is 168 Å². The van der Waals surface area contributed by atoms with Crippen molar-refractivity contribution in [2.24, 2.45) is 22.7 Å². The Bertz CT molecular complexity index is 4190. The van der Waals surface area contributed by atoms with E-state index in [0.29, 0.717) is 42.5 Å². The molecule has 0 bridgehead atoms. The molecular weight excluding hydrogens is 1730 g/mol. The first kappa shape index (κ1) is 98.4. The zero-order valence-electron chi connectivity index (χ0n) is 67.0. The van der Waals surface area contributed by atoms with Crippen LogP contribution in [-0.2, 0) is 69.8 Å². The number of carbonyl (C=O) groups excluding carboxylic acids is 8. The minimum atomic E-state index is -2.94. The van der Waals surface area contributed by atoms with Crippen LogP contribution in [-0.4, -0.2) is 167 Å². The van der Waals surface area contributed by atoms with E-state index in [4.69, 9.17) is 84.1 Å². The molecule has 4 heterocycles. The molecule has 10 atom stereocenters. The van der Waals surface area contributed by atoms with E-state index in [0.717, 1.165) is 26.5 Å². The van der Waals surface area contributed by atoms with Gasteiger partial charge in [-0.25, -0.2) is 46.3 Å². The Kier molecular flexibility index (Phi) is 35.7. The van der Waals surface area contributed by atoms with Crippen molar-refractivity contribution in [1.29, 1.82) is 0 Å². The van der Waals surface area contributed by atoms with Gasteiger partial charge in [0.15, 0.2) is 0 Å². The summed E-state index contributed by atoms with van der Waals surface area (Å²) < 4.78 is 94.1. The number of rotatable bonds is 25. The van der Waals surface area contributed by atoms with Gasteiger partial charge in [0, 0.05) is 54.0 Å². The summed E-state index contributed by atoms with van der Waals surface area (Å²) >= 11 is 37.3. The molecule has 24 nitrogen and oxygen atoms in total. The molecule has 37 heteroatoms. The molecule has 6 amide bonds. The first-order chi connectivity index (χ1) is 53.2. The van der Waals surface area contributed by atoms with E-state index in [2.05, 4.69) is 69.1 Å². The Balaban J connectivity index is 0.000000302. The zero-order valence-corrected chi connectivity index (χ0v) is 74.7. The molecule has 2 aliphatic heterocycles. The maximum atomic E-state index is 14.5.